The predicted molar refractivity (Wildman–Crippen MR) is 71.2 cm³/mol. The fourth-order valence-electron chi connectivity index (χ4n) is 2.06. The van der Waals surface area contributed by atoms with Gasteiger partial charge in [-0.2, -0.15) is 0 Å². The summed E-state index contributed by atoms with van der Waals surface area (Å²) in [5.41, 5.74) is -3.67. The zero-order valence-electron chi connectivity index (χ0n) is 12.5. The lowest BCUT2D eigenvalue weighted by atomic mass is 9.94. The number of rotatable bonds is 0. The fraction of sp³-hybridized carbons (Fsp3) is 0.429. The van der Waals surface area contributed by atoms with E-state index in [4.69, 9.17) is 12.6 Å². The highest BCUT2D eigenvalue weighted by molar-refractivity contribution is 7.38. The molecule has 1 unspecified atom stereocenters. The van der Waals surface area contributed by atoms with Crippen molar-refractivity contribution in [3.8, 4) is 0 Å². The van der Waals surface area contributed by atoms with E-state index in [-0.39, 0.29) is 0 Å². The Morgan fingerprint density at radius 1 is 1.00 bits per heavy atom. The highest BCUT2D eigenvalue weighted by atomic mass is 80.0. The van der Waals surface area contributed by atoms with E-state index in [1.807, 2.05) is 33.8 Å². The summed E-state index contributed by atoms with van der Waals surface area (Å²) in [6, 6.07) is 6.93. The zero-order valence-corrected chi connectivity index (χ0v) is 14.9. The normalized spacial score (nSPS) is 13.3. The van der Waals surface area contributed by atoms with Crippen LogP contribution in [-0.2, 0) is 10.9 Å². The number of benzene rings is 1. The highest BCUT2D eigenvalue weighted by Crippen LogP contribution is 2.54. The molecule has 0 N–H and O–H groups in total. The molecule has 0 amide bonds. The summed E-state index contributed by atoms with van der Waals surface area (Å²) in [5.74, 6) is 0. The number of aryl methyl sites for hydroxylation is 1. The molecule has 1 aromatic heterocycles. The summed E-state index contributed by atoms with van der Waals surface area (Å²) >= 11 is -3.65. The molecule has 2 aromatic rings. The van der Waals surface area contributed by atoms with Crippen LogP contribution in [0.1, 0.15) is 31.2 Å². The van der Waals surface area contributed by atoms with Crippen LogP contribution in [0.5, 0.6) is 0 Å². The molecule has 0 saturated carbocycles. The monoisotopic (exact) mass is 400 g/mol. The molecule has 0 fully saturated rings. The maximum Gasteiger partial charge on any atom is 0.600 e. The topological polar surface area (TPSA) is 69.2 Å². The highest BCUT2D eigenvalue weighted by Gasteiger charge is 2.50. The number of alkyl halides is 3. The molecule has 22 heavy (non-hydrogen) atoms. The molecule has 1 atom stereocenters. The first-order valence-electron chi connectivity index (χ1n) is 6.21. The van der Waals surface area contributed by atoms with Crippen LogP contribution < -0.4 is 12.6 Å². The molecule has 2 rings (SSSR count). The summed E-state index contributed by atoms with van der Waals surface area (Å²) < 4.78 is 65.9. The molecule has 0 radical (unpaired) electrons. The van der Waals surface area contributed by atoms with Gasteiger partial charge in [0.15, 0.2) is 9.58 Å². The SMILES string of the molecule is Cc1ccc2c(c1)cc(C(C)(C)C)[s+]2C(F)(F)F.[O-][Br+2]([O-])[O-]. The van der Waals surface area contributed by atoms with Crippen LogP contribution in [0.3, 0.4) is 0 Å². The van der Waals surface area contributed by atoms with Crippen molar-refractivity contribution >= 4 is 20.6 Å². The van der Waals surface area contributed by atoms with Crippen LogP contribution in [0, 0.1) is 21.7 Å². The lowest BCUT2D eigenvalue weighted by Gasteiger charge is -2.13. The molecule has 3 nitrogen and oxygen atoms in total. The quantitative estimate of drug-likeness (QED) is 0.635. The molecule has 124 valence electrons. The Labute approximate surface area is 134 Å². The van der Waals surface area contributed by atoms with Gasteiger partial charge in [0.2, 0.25) is 14.8 Å². The molecule has 1 aromatic carbocycles. The van der Waals surface area contributed by atoms with E-state index in [1.54, 1.807) is 18.2 Å². The minimum Gasteiger partial charge on any atom is -0.405 e. The van der Waals surface area contributed by atoms with Crippen molar-refractivity contribution in [2.24, 2.45) is 0 Å². The van der Waals surface area contributed by atoms with Gasteiger partial charge in [-0.25, -0.2) is 0 Å². The van der Waals surface area contributed by atoms with Crippen molar-refractivity contribution in [2.75, 3.05) is 0 Å². The van der Waals surface area contributed by atoms with E-state index in [2.05, 4.69) is 0 Å². The van der Waals surface area contributed by atoms with E-state index < -0.39 is 36.2 Å². The molecule has 0 spiro atoms. The summed E-state index contributed by atoms with van der Waals surface area (Å²) in [7, 11) is -1.77. The van der Waals surface area contributed by atoms with Gasteiger partial charge < -0.3 is 12.6 Å². The summed E-state index contributed by atoms with van der Waals surface area (Å²) in [6.45, 7) is 7.41. The maximum atomic E-state index is 13.3. The van der Waals surface area contributed by atoms with Crippen molar-refractivity contribution in [1.29, 1.82) is 0 Å². The van der Waals surface area contributed by atoms with E-state index >= 15 is 0 Å². The largest absolute Gasteiger partial charge is 0.600 e. The molecule has 8 heteroatoms. The number of hydrogen-bond acceptors (Lipinski definition) is 3. The summed E-state index contributed by atoms with van der Waals surface area (Å²) in [6.07, 6.45) is 0. The van der Waals surface area contributed by atoms with Gasteiger partial charge in [0, 0.05) is 16.9 Å². The van der Waals surface area contributed by atoms with Crippen molar-refractivity contribution in [3.05, 3.63) is 34.7 Å². The molecule has 0 bridgehead atoms. The van der Waals surface area contributed by atoms with Crippen molar-refractivity contribution in [1.82, 2.24) is 0 Å². The van der Waals surface area contributed by atoms with Gasteiger partial charge in [-0.15, -0.1) is 13.2 Å². The average Bonchev–Trinajstić information content (AvgIpc) is 2.65. The number of fused-ring (bicyclic) bond motifs is 1. The molecule has 0 aliphatic heterocycles. The third kappa shape index (κ3) is 4.92. The van der Waals surface area contributed by atoms with Crippen LogP contribution >= 0.6 is 10.5 Å². The number of halogens is 4. The summed E-state index contributed by atoms with van der Waals surface area (Å²) in [4.78, 5) is 0.482. The Kier molecular flexibility index (Phi) is 6.02. The van der Waals surface area contributed by atoms with Crippen LogP contribution in [0.4, 0.5) is 13.2 Å². The van der Waals surface area contributed by atoms with E-state index in [0.29, 0.717) is 9.58 Å². The van der Waals surface area contributed by atoms with Gasteiger partial charge in [0.1, 0.15) is 0 Å². The maximum absolute atomic E-state index is 13.3. The first kappa shape index (κ1) is 19.4. The van der Waals surface area contributed by atoms with Gasteiger partial charge in [-0.1, -0.05) is 32.4 Å². The van der Waals surface area contributed by atoms with Gasteiger partial charge in [-0.3, -0.25) is 0 Å². The predicted octanol–water partition coefficient (Wildman–Crippen LogP) is 2.10. The lowest BCUT2D eigenvalue weighted by Crippen LogP contribution is -2.42. The van der Waals surface area contributed by atoms with Crippen LogP contribution in [-0.4, -0.2) is 0 Å². The number of thiophene rings is 1. The fourth-order valence-corrected chi connectivity index (χ4v) is 4.21. The Morgan fingerprint density at radius 2 is 1.50 bits per heavy atom. The smallest absolute Gasteiger partial charge is 0.405 e. The first-order chi connectivity index (χ1) is 9.84. The Bertz CT molecular complexity index is 642. The molecule has 0 aliphatic rings. The Morgan fingerprint density at radius 3 is 1.91 bits per heavy atom. The molecular formula is C14H16BrF3O3S. The second kappa shape index (κ2) is 6.84. The standard InChI is InChI=1S/C14H16F3S.BrO3/c1-9-5-6-11-10(7-9)8-12(13(2,3)4)18(11)14(15,16)17;2-1(3)4/h5-8H,1-4H3;/q+1;-1. The van der Waals surface area contributed by atoms with Crippen LogP contribution in [0.2, 0.25) is 0 Å². The van der Waals surface area contributed by atoms with Crippen LogP contribution in [0.15, 0.2) is 24.3 Å². The third-order valence-corrected chi connectivity index (χ3v) is 5.31. The molecule has 0 saturated heterocycles. The molecule has 1 heterocycles. The van der Waals surface area contributed by atoms with Crippen molar-refractivity contribution in [2.45, 2.75) is 38.6 Å². The second-order valence-electron chi connectivity index (χ2n) is 5.74. The second-order valence-corrected chi connectivity index (χ2v) is 8.49. The van der Waals surface area contributed by atoms with Gasteiger partial charge in [0.05, 0.1) is 10.5 Å². The summed E-state index contributed by atoms with van der Waals surface area (Å²) in [5, 5.41) is 0.723. The van der Waals surface area contributed by atoms with E-state index in [0.717, 1.165) is 10.9 Å². The minimum absolute atomic E-state index is 0.415. The minimum atomic E-state index is -4.19. The Balaban J connectivity index is 0.000000541. The van der Waals surface area contributed by atoms with Crippen molar-refractivity contribution < 1.29 is 40.6 Å². The zero-order chi connectivity index (χ0) is 17.3. The molecular weight excluding hydrogens is 385 g/mol. The third-order valence-electron chi connectivity index (χ3n) is 2.86. The average molecular weight is 401 g/mol. The number of hydrogen-bond donors (Lipinski definition) is 0. The van der Waals surface area contributed by atoms with Gasteiger partial charge in [-0.05, 0) is 19.1 Å². The van der Waals surface area contributed by atoms with Gasteiger partial charge in [0.25, 0.3) is 0 Å². The molecule has 0 aliphatic carbocycles. The lowest BCUT2D eigenvalue weighted by molar-refractivity contribution is -1.73. The van der Waals surface area contributed by atoms with Gasteiger partial charge >= 0.3 is 5.51 Å². The first-order valence-corrected chi connectivity index (χ1v) is 9.37. The van der Waals surface area contributed by atoms with E-state index in [9.17, 15) is 13.2 Å². The Hall–Kier alpha value is -0.670. The van der Waals surface area contributed by atoms with Crippen molar-refractivity contribution in [3.63, 3.8) is 0 Å². The van der Waals surface area contributed by atoms with Crippen LogP contribution in [0.25, 0.3) is 10.1 Å². The van der Waals surface area contributed by atoms with E-state index in [1.165, 1.54) is 0 Å².